The van der Waals surface area contributed by atoms with Crippen LogP contribution in [0.3, 0.4) is 0 Å². The Morgan fingerprint density at radius 2 is 2.04 bits per heavy atom. The normalized spacial score (nSPS) is 15.6. The number of benzene rings is 2. The van der Waals surface area contributed by atoms with Crippen LogP contribution in [0, 0.1) is 0 Å². The number of hydrogen-bond donors (Lipinski definition) is 2. The molecule has 2 aromatic carbocycles. The van der Waals surface area contributed by atoms with Crippen molar-refractivity contribution in [1.29, 1.82) is 0 Å². The molecule has 1 aliphatic rings. The highest BCUT2D eigenvalue weighted by atomic mass is 79.9. The zero-order chi connectivity index (χ0) is 18.7. The molecule has 1 fully saturated rings. The summed E-state index contributed by atoms with van der Waals surface area (Å²) in [6.45, 7) is -0.184. The van der Waals surface area contributed by atoms with Crippen LogP contribution < -0.4 is 5.32 Å². The average molecular weight is 449 g/mol. The van der Waals surface area contributed by atoms with E-state index in [1.165, 1.54) is 28.8 Å². The van der Waals surface area contributed by atoms with Crippen LogP contribution >= 0.6 is 39.9 Å². The van der Waals surface area contributed by atoms with Crippen molar-refractivity contribution in [3.05, 3.63) is 63.5 Å². The maximum atomic E-state index is 12.6. The number of nitrogens with zero attached hydrogens (tertiary/aromatic N) is 1. The molecule has 0 saturated carbocycles. The van der Waals surface area contributed by atoms with Crippen LogP contribution in [0.15, 0.2) is 57.9 Å². The Morgan fingerprint density at radius 1 is 1.27 bits per heavy atom. The number of amides is 2. The van der Waals surface area contributed by atoms with Gasteiger partial charge in [0.15, 0.2) is 0 Å². The molecule has 0 bridgehead atoms. The van der Waals surface area contributed by atoms with Gasteiger partial charge in [-0.25, -0.2) is 0 Å². The quantitative estimate of drug-likeness (QED) is 0.546. The van der Waals surface area contributed by atoms with Crippen LogP contribution in [0.25, 0.3) is 6.08 Å². The van der Waals surface area contributed by atoms with Gasteiger partial charge in [0, 0.05) is 16.2 Å². The molecule has 2 amide bonds. The summed E-state index contributed by atoms with van der Waals surface area (Å²) in [7, 11) is 0. The number of anilines is 1. The second kappa shape index (κ2) is 8.03. The van der Waals surface area contributed by atoms with Crippen molar-refractivity contribution in [3.8, 4) is 5.75 Å². The van der Waals surface area contributed by atoms with Crippen molar-refractivity contribution in [3.63, 3.8) is 0 Å². The summed E-state index contributed by atoms with van der Waals surface area (Å²) in [5.74, 6) is -0.646. The van der Waals surface area contributed by atoms with Gasteiger partial charge in [0.1, 0.15) is 16.6 Å². The number of thiocarbonyl (C=S) groups is 1. The lowest BCUT2D eigenvalue weighted by Gasteiger charge is -2.14. The number of carbonyl (C=O) groups is 2. The fourth-order valence-electron chi connectivity index (χ4n) is 2.31. The lowest BCUT2D eigenvalue weighted by atomic mass is 10.2. The summed E-state index contributed by atoms with van der Waals surface area (Å²) >= 11 is 9.80. The summed E-state index contributed by atoms with van der Waals surface area (Å²) in [5.41, 5.74) is 1.31. The summed E-state index contributed by atoms with van der Waals surface area (Å²) in [6, 6.07) is 13.7. The number of phenols is 1. The smallest absolute Gasteiger partial charge is 0.266 e. The largest absolute Gasteiger partial charge is 0.508 e. The third-order valence-corrected chi connectivity index (χ3v) is 5.32. The van der Waals surface area contributed by atoms with Gasteiger partial charge >= 0.3 is 0 Å². The van der Waals surface area contributed by atoms with Gasteiger partial charge in [0.05, 0.1) is 4.91 Å². The van der Waals surface area contributed by atoms with Crippen LogP contribution in [0.4, 0.5) is 5.69 Å². The van der Waals surface area contributed by atoms with E-state index >= 15 is 0 Å². The number of carbonyl (C=O) groups excluding carboxylic acids is 2. The fraction of sp³-hybridized carbons (Fsp3) is 0.0556. The molecule has 0 spiro atoms. The number of rotatable bonds is 4. The molecule has 1 saturated heterocycles. The summed E-state index contributed by atoms with van der Waals surface area (Å²) in [5, 5.41) is 12.1. The van der Waals surface area contributed by atoms with E-state index in [1.807, 2.05) is 24.3 Å². The van der Waals surface area contributed by atoms with Gasteiger partial charge in [-0.2, -0.15) is 0 Å². The average Bonchev–Trinajstić information content (AvgIpc) is 2.82. The van der Waals surface area contributed by atoms with Gasteiger partial charge in [0.2, 0.25) is 5.91 Å². The van der Waals surface area contributed by atoms with Crippen molar-refractivity contribution in [2.24, 2.45) is 0 Å². The van der Waals surface area contributed by atoms with Crippen LogP contribution in [0.2, 0.25) is 0 Å². The van der Waals surface area contributed by atoms with Crippen molar-refractivity contribution in [2.75, 3.05) is 11.9 Å². The molecular weight excluding hydrogens is 436 g/mol. The Kier molecular flexibility index (Phi) is 5.75. The SMILES string of the molecule is O=C(CN1C(=O)/C(=C/c2cccc(Br)c2)SC1=S)Nc1cccc(O)c1. The number of phenolic OH excluding ortho intramolecular Hbond substituents is 1. The van der Waals surface area contributed by atoms with E-state index in [0.29, 0.717) is 14.9 Å². The summed E-state index contributed by atoms with van der Waals surface area (Å²) < 4.78 is 1.24. The lowest BCUT2D eigenvalue weighted by Crippen LogP contribution is -2.36. The Morgan fingerprint density at radius 3 is 2.77 bits per heavy atom. The van der Waals surface area contributed by atoms with Crippen molar-refractivity contribution in [2.45, 2.75) is 0 Å². The minimum atomic E-state index is -0.393. The first-order chi connectivity index (χ1) is 12.4. The second-order valence-electron chi connectivity index (χ2n) is 5.42. The van der Waals surface area contributed by atoms with E-state index in [2.05, 4.69) is 21.2 Å². The molecule has 0 unspecified atom stereocenters. The molecule has 132 valence electrons. The highest BCUT2D eigenvalue weighted by molar-refractivity contribution is 9.10. The van der Waals surface area contributed by atoms with E-state index in [4.69, 9.17) is 12.2 Å². The zero-order valence-corrected chi connectivity index (χ0v) is 16.5. The van der Waals surface area contributed by atoms with Gasteiger partial charge in [-0.05, 0) is 35.9 Å². The molecule has 0 atom stereocenters. The predicted octanol–water partition coefficient (Wildman–Crippen LogP) is 3.99. The first-order valence-electron chi connectivity index (χ1n) is 7.52. The molecule has 0 aliphatic carbocycles. The monoisotopic (exact) mass is 448 g/mol. The topological polar surface area (TPSA) is 69.6 Å². The standard InChI is InChI=1S/C18H13BrN2O3S2/c19-12-4-1-3-11(7-12)8-15-17(24)21(18(25)26-15)10-16(23)20-13-5-2-6-14(22)9-13/h1-9,22H,10H2,(H,20,23)/b15-8-. The van der Waals surface area contributed by atoms with Crippen LogP contribution in [0.1, 0.15) is 5.56 Å². The zero-order valence-electron chi connectivity index (χ0n) is 13.3. The first kappa shape index (κ1) is 18.6. The van der Waals surface area contributed by atoms with E-state index in [0.717, 1.165) is 10.0 Å². The third kappa shape index (κ3) is 4.51. The van der Waals surface area contributed by atoms with Gasteiger partial charge in [-0.3, -0.25) is 14.5 Å². The first-order valence-corrected chi connectivity index (χ1v) is 9.54. The van der Waals surface area contributed by atoms with Gasteiger partial charge in [-0.1, -0.05) is 58.1 Å². The van der Waals surface area contributed by atoms with E-state index < -0.39 is 5.91 Å². The fourth-order valence-corrected chi connectivity index (χ4v) is 3.98. The van der Waals surface area contributed by atoms with Crippen LogP contribution in [-0.2, 0) is 9.59 Å². The van der Waals surface area contributed by atoms with Crippen molar-refractivity contribution >= 4 is 67.8 Å². The molecule has 0 radical (unpaired) electrons. The molecule has 2 aromatic rings. The van der Waals surface area contributed by atoms with Crippen molar-refractivity contribution in [1.82, 2.24) is 4.90 Å². The molecule has 2 N–H and O–H groups in total. The van der Waals surface area contributed by atoms with Gasteiger partial charge in [0.25, 0.3) is 5.91 Å². The Balaban J connectivity index is 1.70. The maximum absolute atomic E-state index is 12.6. The van der Waals surface area contributed by atoms with Crippen molar-refractivity contribution < 1.29 is 14.7 Å². The number of nitrogens with one attached hydrogen (secondary N) is 1. The van der Waals surface area contributed by atoms with E-state index in [1.54, 1.807) is 18.2 Å². The lowest BCUT2D eigenvalue weighted by molar-refractivity contribution is -0.126. The minimum Gasteiger partial charge on any atom is -0.508 e. The Hall–Kier alpha value is -2.16. The summed E-state index contributed by atoms with van der Waals surface area (Å²) in [4.78, 5) is 26.5. The number of aromatic hydroxyl groups is 1. The molecule has 5 nitrogen and oxygen atoms in total. The Labute approximate surface area is 168 Å². The summed E-state index contributed by atoms with van der Waals surface area (Å²) in [6.07, 6.45) is 1.75. The number of thioether (sulfide) groups is 1. The highest BCUT2D eigenvalue weighted by Crippen LogP contribution is 2.32. The molecule has 1 heterocycles. The second-order valence-corrected chi connectivity index (χ2v) is 8.01. The molecule has 3 rings (SSSR count). The van der Waals surface area contributed by atoms with E-state index in [9.17, 15) is 14.7 Å². The van der Waals surface area contributed by atoms with E-state index in [-0.39, 0.29) is 18.2 Å². The Bertz CT molecular complexity index is 930. The highest BCUT2D eigenvalue weighted by Gasteiger charge is 2.33. The molecule has 0 aromatic heterocycles. The number of hydrogen-bond acceptors (Lipinski definition) is 5. The maximum Gasteiger partial charge on any atom is 0.266 e. The molecule has 8 heteroatoms. The van der Waals surface area contributed by atoms with Gasteiger partial charge in [-0.15, -0.1) is 0 Å². The molecule has 26 heavy (non-hydrogen) atoms. The molecule has 1 aliphatic heterocycles. The predicted molar refractivity (Wildman–Crippen MR) is 111 cm³/mol. The van der Waals surface area contributed by atoms with Gasteiger partial charge < -0.3 is 10.4 Å². The van der Waals surface area contributed by atoms with Crippen LogP contribution in [-0.4, -0.2) is 32.7 Å². The number of halogens is 1. The van der Waals surface area contributed by atoms with Crippen LogP contribution in [0.5, 0.6) is 5.75 Å². The minimum absolute atomic E-state index is 0.0466. The third-order valence-electron chi connectivity index (χ3n) is 3.45. The molecular formula is C18H13BrN2O3S2.